The van der Waals surface area contributed by atoms with Crippen LogP contribution in [0.5, 0.6) is 5.75 Å². The zero-order valence-electron chi connectivity index (χ0n) is 27.7. The molecule has 0 bridgehead atoms. The summed E-state index contributed by atoms with van der Waals surface area (Å²) in [6.07, 6.45) is 0.854. The molecule has 1 fully saturated rings. The number of Topliss-reactive ketones (excluding diaryl/α,β-unsaturated/α-hetero) is 1. The van der Waals surface area contributed by atoms with Crippen LogP contribution >= 0.6 is 0 Å². The van der Waals surface area contributed by atoms with Crippen LogP contribution in [0.1, 0.15) is 68.2 Å². The van der Waals surface area contributed by atoms with E-state index in [1.807, 2.05) is 66.1 Å². The van der Waals surface area contributed by atoms with Crippen LogP contribution in [0.25, 0.3) is 5.69 Å². The molecule has 47 heavy (non-hydrogen) atoms. The SMILES string of the molecule is CC(=O)c1ccc(-n2c(=O)n3n(c2=O)C2C(=CC3)C(C)(C)Oc3cc(C4N(C(=O)CN(C)C)CCN(C(=O)O)C4(C)C)ccc32)cc1. The monoisotopic (exact) mass is 644 g/mol. The van der Waals surface area contributed by atoms with Gasteiger partial charge in [-0.15, -0.1) is 0 Å². The minimum absolute atomic E-state index is 0.122. The van der Waals surface area contributed by atoms with Gasteiger partial charge in [-0.2, -0.15) is 0 Å². The zero-order chi connectivity index (χ0) is 34.2. The highest BCUT2D eigenvalue weighted by Crippen LogP contribution is 2.48. The average molecular weight is 645 g/mol. The van der Waals surface area contributed by atoms with Crippen molar-refractivity contribution in [3.63, 3.8) is 0 Å². The number of nitrogens with zero attached hydrogens (tertiary/aromatic N) is 6. The summed E-state index contributed by atoms with van der Waals surface area (Å²) in [7, 11) is 3.62. The van der Waals surface area contributed by atoms with Gasteiger partial charge in [0.1, 0.15) is 17.4 Å². The van der Waals surface area contributed by atoms with Crippen LogP contribution in [0.2, 0.25) is 0 Å². The summed E-state index contributed by atoms with van der Waals surface area (Å²) in [6.45, 7) is 9.64. The minimum Gasteiger partial charge on any atom is -0.483 e. The lowest BCUT2D eigenvalue weighted by atomic mass is 9.80. The van der Waals surface area contributed by atoms with Crippen LogP contribution in [-0.4, -0.2) is 96.4 Å². The van der Waals surface area contributed by atoms with Gasteiger partial charge in [0.25, 0.3) is 0 Å². The van der Waals surface area contributed by atoms with E-state index in [0.717, 1.165) is 10.1 Å². The molecule has 0 aliphatic carbocycles. The molecular formula is C34H40N6O7. The molecule has 13 nitrogen and oxygen atoms in total. The van der Waals surface area contributed by atoms with Crippen LogP contribution in [0.4, 0.5) is 4.79 Å². The average Bonchev–Trinajstić information content (AvgIpc) is 3.24. The molecule has 2 aromatic carbocycles. The smallest absolute Gasteiger partial charge is 0.407 e. The molecule has 4 heterocycles. The first-order valence-corrected chi connectivity index (χ1v) is 15.6. The molecule has 1 aromatic heterocycles. The lowest BCUT2D eigenvalue weighted by Crippen LogP contribution is -2.64. The zero-order valence-corrected chi connectivity index (χ0v) is 27.7. The first kappa shape index (κ1) is 32.0. The van der Waals surface area contributed by atoms with E-state index in [9.17, 15) is 29.1 Å². The summed E-state index contributed by atoms with van der Waals surface area (Å²) in [5, 5.41) is 10.1. The highest BCUT2D eigenvalue weighted by atomic mass is 16.5. The molecule has 2 amide bonds. The first-order valence-electron chi connectivity index (χ1n) is 15.6. The van der Waals surface area contributed by atoms with Crippen molar-refractivity contribution < 1.29 is 24.2 Å². The fourth-order valence-electron chi connectivity index (χ4n) is 7.36. The van der Waals surface area contributed by atoms with Crippen LogP contribution in [0.15, 0.2) is 63.7 Å². The van der Waals surface area contributed by atoms with E-state index in [1.54, 1.807) is 34.1 Å². The van der Waals surface area contributed by atoms with Crippen molar-refractivity contribution in [2.45, 2.75) is 64.4 Å². The van der Waals surface area contributed by atoms with Crippen molar-refractivity contribution in [3.05, 3.63) is 91.8 Å². The van der Waals surface area contributed by atoms with Gasteiger partial charge in [0.2, 0.25) is 5.91 Å². The molecule has 2 atom stereocenters. The largest absolute Gasteiger partial charge is 0.483 e. The van der Waals surface area contributed by atoms with Crippen molar-refractivity contribution in [1.29, 1.82) is 0 Å². The minimum atomic E-state index is -1.06. The third kappa shape index (κ3) is 5.09. The van der Waals surface area contributed by atoms with Gasteiger partial charge < -0.3 is 19.6 Å². The van der Waals surface area contributed by atoms with Crippen molar-refractivity contribution in [2.75, 3.05) is 33.7 Å². The van der Waals surface area contributed by atoms with Crippen molar-refractivity contribution in [1.82, 2.24) is 28.6 Å². The number of rotatable bonds is 5. The fraction of sp³-hybridized carbons (Fsp3) is 0.441. The summed E-state index contributed by atoms with van der Waals surface area (Å²) in [5.74, 6) is 0.232. The normalized spacial score (nSPS) is 20.9. The third-order valence-corrected chi connectivity index (χ3v) is 9.57. The lowest BCUT2D eigenvalue weighted by molar-refractivity contribution is -0.142. The Labute approximate surface area is 271 Å². The molecule has 248 valence electrons. The van der Waals surface area contributed by atoms with Crippen molar-refractivity contribution >= 4 is 17.8 Å². The Bertz CT molecular complexity index is 1950. The molecule has 0 saturated carbocycles. The second-order valence-corrected chi connectivity index (χ2v) is 13.7. The van der Waals surface area contributed by atoms with Gasteiger partial charge >= 0.3 is 17.5 Å². The van der Waals surface area contributed by atoms with Crippen LogP contribution in [0.3, 0.4) is 0 Å². The van der Waals surface area contributed by atoms with Gasteiger partial charge in [0.05, 0.1) is 30.4 Å². The van der Waals surface area contributed by atoms with E-state index in [4.69, 9.17) is 4.74 Å². The number of ether oxygens (including phenoxy) is 1. The number of hydrogen-bond donors (Lipinski definition) is 1. The van der Waals surface area contributed by atoms with Gasteiger partial charge in [-0.05, 0) is 90.2 Å². The molecule has 2 unspecified atom stereocenters. The molecule has 3 aliphatic heterocycles. The number of allylic oxidation sites excluding steroid dienone is 1. The van der Waals surface area contributed by atoms with E-state index >= 15 is 0 Å². The first-order chi connectivity index (χ1) is 22.0. The van der Waals surface area contributed by atoms with E-state index in [2.05, 4.69) is 0 Å². The summed E-state index contributed by atoms with van der Waals surface area (Å²) in [5.41, 5.74) is 0.128. The molecule has 6 rings (SSSR count). The van der Waals surface area contributed by atoms with Crippen LogP contribution in [0, 0.1) is 0 Å². The van der Waals surface area contributed by atoms with E-state index < -0.39 is 40.7 Å². The highest BCUT2D eigenvalue weighted by molar-refractivity contribution is 5.94. The number of carbonyl (C=O) groups excluding carboxylic acids is 2. The van der Waals surface area contributed by atoms with E-state index in [-0.39, 0.29) is 37.9 Å². The Balaban J connectivity index is 1.49. The Morgan fingerprint density at radius 1 is 0.979 bits per heavy atom. The molecule has 1 N–H and O–H groups in total. The summed E-state index contributed by atoms with van der Waals surface area (Å²) in [6, 6.07) is 10.6. The Kier molecular flexibility index (Phi) is 7.58. The standard InChI is InChI=1S/C34H40N6O7/c1-20(41)21-8-11-23(12-9-21)39-30(43)38-15-14-25-28(40(38)31(39)44)24-13-10-22(18-26(24)47-34(25,4)5)29-33(2,3)37(32(45)46)17-16-36(29)27(42)19-35(6)7/h8-14,18,28-29H,15-17,19H2,1-7H3,(H,45,46). The quantitative estimate of drug-likeness (QED) is 0.331. The molecule has 1 saturated heterocycles. The predicted molar refractivity (Wildman–Crippen MR) is 173 cm³/mol. The number of aromatic nitrogens is 3. The maximum atomic E-state index is 14.1. The molecule has 3 aliphatic rings. The predicted octanol–water partition coefficient (Wildman–Crippen LogP) is 2.91. The number of fused-ring (bicyclic) bond motifs is 5. The Morgan fingerprint density at radius 3 is 2.28 bits per heavy atom. The number of piperazine rings is 1. The number of amides is 2. The molecular weight excluding hydrogens is 604 g/mol. The molecule has 13 heteroatoms. The van der Waals surface area contributed by atoms with Crippen molar-refractivity contribution in [3.8, 4) is 11.4 Å². The van der Waals surface area contributed by atoms with Gasteiger partial charge in [-0.3, -0.25) is 14.5 Å². The summed E-state index contributed by atoms with van der Waals surface area (Å²) < 4.78 is 10.6. The van der Waals surface area contributed by atoms with E-state index in [1.165, 1.54) is 21.2 Å². The second kappa shape index (κ2) is 11.1. The van der Waals surface area contributed by atoms with Gasteiger partial charge in [0, 0.05) is 24.2 Å². The number of carboxylic acid groups (broad SMARTS) is 1. The molecule has 3 aromatic rings. The third-order valence-electron chi connectivity index (χ3n) is 9.57. The van der Waals surface area contributed by atoms with Gasteiger partial charge in [-0.25, -0.2) is 28.3 Å². The highest BCUT2D eigenvalue weighted by Gasteiger charge is 2.49. The van der Waals surface area contributed by atoms with Gasteiger partial charge in [-0.1, -0.05) is 18.2 Å². The summed E-state index contributed by atoms with van der Waals surface area (Å²) in [4.78, 5) is 70.3. The fourth-order valence-corrected chi connectivity index (χ4v) is 7.36. The lowest BCUT2D eigenvalue weighted by Gasteiger charge is -2.52. The number of benzene rings is 2. The number of likely N-dealkylation sites (N-methyl/N-ethyl adjacent to an activating group) is 1. The molecule has 0 spiro atoms. The number of ketones is 1. The van der Waals surface area contributed by atoms with E-state index in [0.29, 0.717) is 28.1 Å². The van der Waals surface area contributed by atoms with Crippen LogP contribution < -0.4 is 16.1 Å². The maximum absolute atomic E-state index is 14.1. The van der Waals surface area contributed by atoms with Crippen molar-refractivity contribution in [2.24, 2.45) is 0 Å². The topological polar surface area (TPSA) is 139 Å². The Morgan fingerprint density at radius 2 is 1.66 bits per heavy atom. The Hall–Kier alpha value is -4.91. The number of carbonyl (C=O) groups is 3. The number of hydrogen-bond acceptors (Lipinski definition) is 7. The second-order valence-electron chi connectivity index (χ2n) is 13.7. The van der Waals surface area contributed by atoms with Gasteiger partial charge in [0.15, 0.2) is 5.78 Å². The summed E-state index contributed by atoms with van der Waals surface area (Å²) >= 11 is 0. The maximum Gasteiger partial charge on any atom is 0.407 e. The molecule has 0 radical (unpaired) electrons. The van der Waals surface area contributed by atoms with Crippen LogP contribution in [-0.2, 0) is 11.3 Å².